The number of halogens is 4. The average molecular weight is 503 g/mol. The molecule has 2 N–H and O–H groups in total. The summed E-state index contributed by atoms with van der Waals surface area (Å²) in [6.45, 7) is 1.14. The molecule has 0 aliphatic heterocycles. The van der Waals surface area contributed by atoms with Crippen molar-refractivity contribution >= 4 is 29.5 Å². The Labute approximate surface area is 203 Å². The maximum atomic E-state index is 14.7. The Morgan fingerprint density at radius 2 is 1.67 bits per heavy atom. The Morgan fingerprint density at radius 3 is 2.25 bits per heavy atom. The lowest BCUT2D eigenvalue weighted by Gasteiger charge is -2.22. The van der Waals surface area contributed by atoms with Crippen LogP contribution in [0, 0.1) is 23.3 Å². The van der Waals surface area contributed by atoms with Gasteiger partial charge in [0.2, 0.25) is 0 Å². The second-order valence-corrected chi connectivity index (χ2v) is 7.65. The maximum absolute atomic E-state index is 14.7. The van der Waals surface area contributed by atoms with E-state index in [0.717, 1.165) is 30.3 Å². The summed E-state index contributed by atoms with van der Waals surface area (Å²) in [7, 11) is 3.35. The first-order valence-corrected chi connectivity index (χ1v) is 10.4. The molecule has 12 heteroatoms. The Kier molecular flexibility index (Phi) is 7.87. The molecule has 0 atom stereocenters. The highest BCUT2D eigenvalue weighted by atomic mass is 19.1. The van der Waals surface area contributed by atoms with Crippen molar-refractivity contribution in [1.29, 1.82) is 0 Å². The van der Waals surface area contributed by atoms with E-state index < -0.39 is 47.7 Å². The number of para-hydroxylation sites is 1. The molecule has 2 aromatic carbocycles. The third-order valence-corrected chi connectivity index (χ3v) is 5.01. The van der Waals surface area contributed by atoms with Gasteiger partial charge in [-0.25, -0.2) is 37.0 Å². The fourth-order valence-electron chi connectivity index (χ4n) is 3.08. The molecule has 0 saturated carbocycles. The fourth-order valence-corrected chi connectivity index (χ4v) is 3.08. The molecule has 1 aromatic heterocycles. The number of hydrogen-bond acceptors (Lipinski definition) is 4. The highest BCUT2D eigenvalue weighted by molar-refractivity contribution is 5.98. The van der Waals surface area contributed by atoms with Gasteiger partial charge in [0.1, 0.15) is 47.2 Å². The minimum absolute atomic E-state index is 0.133. The summed E-state index contributed by atoms with van der Waals surface area (Å²) in [6.07, 6.45) is -0.942. The first kappa shape index (κ1) is 26.1. The number of hydrogen-bond donors (Lipinski definition) is 1. The lowest BCUT2D eigenvalue weighted by atomic mass is 10.1. The van der Waals surface area contributed by atoms with Crippen LogP contribution in [0.25, 0.3) is 11.3 Å². The van der Waals surface area contributed by atoms with Crippen LogP contribution in [-0.2, 0) is 11.3 Å². The topological polar surface area (TPSA) is 101 Å². The number of carbonyl (C=O) groups is 2. The standard InChI is InChI=1S/C24H21F4N5O3/c1-13(32(2)3)30-24(35)36-12-14-7-10-20(31-21(14)16-9-8-15(25)11-19(16)28)33(23(29)34)22-17(26)5-4-6-18(22)27/h4-11H,12H2,1-3H3,(H2,29,34). The largest absolute Gasteiger partial charge is 0.443 e. The van der Waals surface area contributed by atoms with Crippen LogP contribution in [-0.4, -0.2) is 41.9 Å². The van der Waals surface area contributed by atoms with Crippen molar-refractivity contribution in [2.24, 2.45) is 10.7 Å². The third-order valence-electron chi connectivity index (χ3n) is 5.01. The molecule has 0 bridgehead atoms. The minimum atomic E-state index is -1.27. The number of nitrogens with zero attached hydrogens (tertiary/aromatic N) is 4. The van der Waals surface area contributed by atoms with Gasteiger partial charge >= 0.3 is 12.1 Å². The number of aromatic nitrogens is 1. The van der Waals surface area contributed by atoms with Gasteiger partial charge in [-0.2, -0.15) is 4.99 Å². The summed E-state index contributed by atoms with van der Waals surface area (Å²) in [5.74, 6) is -4.07. The molecule has 3 amide bonds. The maximum Gasteiger partial charge on any atom is 0.435 e. The van der Waals surface area contributed by atoms with Gasteiger partial charge in [-0.15, -0.1) is 0 Å². The smallest absolute Gasteiger partial charge is 0.435 e. The Morgan fingerprint density at radius 1 is 1.00 bits per heavy atom. The first-order valence-electron chi connectivity index (χ1n) is 10.4. The molecule has 1 heterocycles. The van der Waals surface area contributed by atoms with Crippen molar-refractivity contribution in [3.63, 3.8) is 0 Å². The minimum Gasteiger partial charge on any atom is -0.443 e. The fraction of sp³-hybridized carbons (Fsp3) is 0.167. The van der Waals surface area contributed by atoms with Crippen LogP contribution in [0.5, 0.6) is 0 Å². The van der Waals surface area contributed by atoms with Crippen LogP contribution in [0.15, 0.2) is 53.5 Å². The Hall–Kier alpha value is -4.48. The quantitative estimate of drug-likeness (QED) is 0.295. The monoisotopic (exact) mass is 503 g/mol. The summed E-state index contributed by atoms with van der Waals surface area (Å²) < 4.78 is 62.2. The highest BCUT2D eigenvalue weighted by Gasteiger charge is 2.26. The number of amidine groups is 1. The zero-order chi connectivity index (χ0) is 26.6. The summed E-state index contributed by atoms with van der Waals surface area (Å²) in [6, 6.07) is 6.78. The normalized spacial score (nSPS) is 11.2. The summed E-state index contributed by atoms with van der Waals surface area (Å²) in [4.78, 5) is 34.2. The molecule has 188 valence electrons. The van der Waals surface area contributed by atoms with Crippen LogP contribution in [0.2, 0.25) is 0 Å². The summed E-state index contributed by atoms with van der Waals surface area (Å²) in [5, 5.41) is 0. The molecule has 0 unspecified atom stereocenters. The molecule has 0 saturated heterocycles. The van der Waals surface area contributed by atoms with E-state index in [9.17, 15) is 27.2 Å². The van der Waals surface area contributed by atoms with Crippen molar-refractivity contribution in [2.75, 3.05) is 19.0 Å². The van der Waals surface area contributed by atoms with Crippen molar-refractivity contribution in [2.45, 2.75) is 13.5 Å². The number of anilines is 2. The van der Waals surface area contributed by atoms with Crippen LogP contribution in [0.3, 0.4) is 0 Å². The molecule has 3 rings (SSSR count). The zero-order valence-corrected chi connectivity index (χ0v) is 19.4. The molecule has 8 nitrogen and oxygen atoms in total. The number of nitrogens with two attached hydrogens (primary N) is 1. The van der Waals surface area contributed by atoms with Crippen LogP contribution in [0.1, 0.15) is 12.5 Å². The molecule has 0 aliphatic carbocycles. The lowest BCUT2D eigenvalue weighted by Crippen LogP contribution is -2.33. The average Bonchev–Trinajstić information content (AvgIpc) is 2.80. The second kappa shape index (κ2) is 10.8. The van der Waals surface area contributed by atoms with Gasteiger partial charge in [0, 0.05) is 31.3 Å². The zero-order valence-electron chi connectivity index (χ0n) is 19.4. The van der Waals surface area contributed by atoms with E-state index in [1.165, 1.54) is 12.1 Å². The highest BCUT2D eigenvalue weighted by Crippen LogP contribution is 2.33. The number of amides is 3. The van der Waals surface area contributed by atoms with Gasteiger partial charge in [-0.05, 0) is 43.3 Å². The van der Waals surface area contributed by atoms with E-state index in [4.69, 9.17) is 10.5 Å². The lowest BCUT2D eigenvalue weighted by molar-refractivity contribution is 0.150. The number of benzene rings is 2. The predicted octanol–water partition coefficient (Wildman–Crippen LogP) is 5.14. The molecule has 0 aliphatic rings. The SMILES string of the molecule is CC(=NC(=O)OCc1ccc(N(C(N)=O)c2c(F)cccc2F)nc1-c1ccc(F)cc1F)N(C)C. The van der Waals surface area contributed by atoms with Gasteiger partial charge in [0.25, 0.3) is 0 Å². The van der Waals surface area contributed by atoms with Crippen molar-refractivity contribution in [3.05, 3.63) is 77.4 Å². The predicted molar refractivity (Wildman–Crippen MR) is 125 cm³/mol. The molecular weight excluding hydrogens is 482 g/mol. The van der Waals surface area contributed by atoms with E-state index >= 15 is 0 Å². The number of primary amides is 1. The number of urea groups is 1. The van der Waals surface area contributed by atoms with E-state index in [0.29, 0.717) is 16.8 Å². The van der Waals surface area contributed by atoms with Crippen molar-refractivity contribution < 1.29 is 31.9 Å². The van der Waals surface area contributed by atoms with Gasteiger partial charge in [-0.1, -0.05) is 6.07 Å². The molecule has 3 aromatic rings. The Bertz CT molecular complexity index is 1330. The van der Waals surface area contributed by atoms with Gasteiger partial charge in [0.05, 0.1) is 5.69 Å². The molecular formula is C24H21F4N5O3. The van der Waals surface area contributed by atoms with Crippen LogP contribution in [0.4, 0.5) is 38.7 Å². The molecule has 0 fully saturated rings. The van der Waals surface area contributed by atoms with E-state index in [2.05, 4.69) is 9.98 Å². The number of ether oxygens (including phenoxy) is 1. The van der Waals surface area contributed by atoms with Crippen molar-refractivity contribution in [3.8, 4) is 11.3 Å². The van der Waals surface area contributed by atoms with E-state index in [1.54, 1.807) is 25.9 Å². The van der Waals surface area contributed by atoms with E-state index in [-0.39, 0.29) is 22.6 Å². The summed E-state index contributed by atoms with van der Waals surface area (Å²) in [5.41, 5.74) is 4.31. The first-order chi connectivity index (χ1) is 17.0. The number of carbonyl (C=O) groups excluding carboxylic acids is 2. The number of rotatable bonds is 5. The Balaban J connectivity index is 2.11. The number of aliphatic imine (C=N–C) groups is 1. The van der Waals surface area contributed by atoms with Crippen molar-refractivity contribution in [1.82, 2.24) is 9.88 Å². The second-order valence-electron chi connectivity index (χ2n) is 7.65. The summed E-state index contributed by atoms with van der Waals surface area (Å²) >= 11 is 0. The van der Waals surface area contributed by atoms with Crippen LogP contribution < -0.4 is 10.6 Å². The molecule has 0 radical (unpaired) electrons. The van der Waals surface area contributed by atoms with Gasteiger partial charge in [-0.3, -0.25) is 0 Å². The molecule has 0 spiro atoms. The molecule has 36 heavy (non-hydrogen) atoms. The third kappa shape index (κ3) is 5.77. The van der Waals surface area contributed by atoms with Gasteiger partial charge in [0.15, 0.2) is 0 Å². The van der Waals surface area contributed by atoms with Gasteiger partial charge < -0.3 is 15.4 Å². The van der Waals surface area contributed by atoms with Crippen LogP contribution >= 0.6 is 0 Å². The number of pyridine rings is 1. The van der Waals surface area contributed by atoms with E-state index in [1.807, 2.05) is 0 Å².